The quantitative estimate of drug-likeness (QED) is 0.628. The van der Waals surface area contributed by atoms with E-state index in [1.54, 1.807) is 6.20 Å². The van der Waals surface area contributed by atoms with E-state index < -0.39 is 0 Å². The van der Waals surface area contributed by atoms with Gasteiger partial charge in [-0.15, -0.1) is 0 Å². The topological polar surface area (TPSA) is 58.1 Å². The standard InChI is InChI=1S/C19H24N4OS/c1-14(2)15-5-7-16(8-6-15)21-18(24)13-25-19-20-10-9-17(22-19)23-11-3-4-12-23/h5-10,14H,3-4,11-13H2,1-2H3,(H,21,24). The summed E-state index contributed by atoms with van der Waals surface area (Å²) in [6, 6.07) is 9.93. The normalized spacial score (nSPS) is 14.1. The fourth-order valence-corrected chi connectivity index (χ4v) is 3.43. The van der Waals surface area contributed by atoms with Gasteiger partial charge >= 0.3 is 0 Å². The number of benzene rings is 1. The van der Waals surface area contributed by atoms with Crippen molar-refractivity contribution >= 4 is 29.2 Å². The van der Waals surface area contributed by atoms with E-state index in [0.29, 0.717) is 16.8 Å². The second-order valence-electron chi connectivity index (χ2n) is 6.51. The number of anilines is 2. The van der Waals surface area contributed by atoms with Gasteiger partial charge in [0.2, 0.25) is 5.91 Å². The maximum atomic E-state index is 12.1. The molecule has 2 heterocycles. The van der Waals surface area contributed by atoms with Gasteiger partial charge < -0.3 is 10.2 Å². The van der Waals surface area contributed by atoms with Crippen LogP contribution in [0.3, 0.4) is 0 Å². The number of carbonyl (C=O) groups excluding carboxylic acids is 1. The molecule has 5 nitrogen and oxygen atoms in total. The van der Waals surface area contributed by atoms with Crippen LogP contribution in [0.25, 0.3) is 0 Å². The van der Waals surface area contributed by atoms with E-state index in [1.165, 1.54) is 30.2 Å². The van der Waals surface area contributed by atoms with Crippen LogP contribution in [0.2, 0.25) is 0 Å². The summed E-state index contributed by atoms with van der Waals surface area (Å²) >= 11 is 1.37. The Morgan fingerprint density at radius 1 is 1.20 bits per heavy atom. The number of aromatic nitrogens is 2. The zero-order chi connectivity index (χ0) is 17.6. The number of nitrogens with zero attached hydrogens (tertiary/aromatic N) is 3. The average molecular weight is 356 g/mol. The molecule has 1 aliphatic heterocycles. The minimum Gasteiger partial charge on any atom is -0.356 e. The van der Waals surface area contributed by atoms with Crippen molar-refractivity contribution in [2.45, 2.75) is 37.8 Å². The molecule has 0 bridgehead atoms. The molecule has 1 aliphatic rings. The van der Waals surface area contributed by atoms with Gasteiger partial charge in [-0.3, -0.25) is 4.79 Å². The Bertz CT molecular complexity index is 712. The third-order valence-electron chi connectivity index (χ3n) is 4.24. The van der Waals surface area contributed by atoms with E-state index in [2.05, 4.69) is 46.2 Å². The molecule has 0 atom stereocenters. The predicted octanol–water partition coefficient (Wildman–Crippen LogP) is 3.93. The van der Waals surface area contributed by atoms with Crippen LogP contribution in [0, 0.1) is 0 Å². The van der Waals surface area contributed by atoms with Crippen molar-refractivity contribution in [2.75, 3.05) is 29.1 Å². The lowest BCUT2D eigenvalue weighted by Crippen LogP contribution is -2.19. The third-order valence-corrected chi connectivity index (χ3v) is 5.10. The van der Waals surface area contributed by atoms with Crippen LogP contribution in [0.4, 0.5) is 11.5 Å². The van der Waals surface area contributed by atoms with Crippen LogP contribution < -0.4 is 10.2 Å². The van der Waals surface area contributed by atoms with Crippen molar-refractivity contribution in [2.24, 2.45) is 0 Å². The van der Waals surface area contributed by atoms with Gasteiger partial charge in [-0.05, 0) is 42.5 Å². The number of hydrogen-bond donors (Lipinski definition) is 1. The monoisotopic (exact) mass is 356 g/mol. The number of rotatable bonds is 6. The highest BCUT2D eigenvalue weighted by Gasteiger charge is 2.14. The first-order valence-corrected chi connectivity index (χ1v) is 9.71. The van der Waals surface area contributed by atoms with Crippen LogP contribution in [-0.2, 0) is 4.79 Å². The molecule has 1 amide bonds. The van der Waals surface area contributed by atoms with E-state index in [-0.39, 0.29) is 5.91 Å². The lowest BCUT2D eigenvalue weighted by atomic mass is 10.0. The van der Waals surface area contributed by atoms with Crippen molar-refractivity contribution in [3.05, 3.63) is 42.1 Å². The van der Waals surface area contributed by atoms with Gasteiger partial charge in [0, 0.05) is 25.0 Å². The van der Waals surface area contributed by atoms with Crippen molar-refractivity contribution in [1.82, 2.24) is 9.97 Å². The van der Waals surface area contributed by atoms with Crippen molar-refractivity contribution in [3.63, 3.8) is 0 Å². The van der Waals surface area contributed by atoms with Crippen LogP contribution >= 0.6 is 11.8 Å². The molecule has 0 spiro atoms. The van der Waals surface area contributed by atoms with Crippen molar-refractivity contribution < 1.29 is 4.79 Å². The first kappa shape index (κ1) is 17.7. The van der Waals surface area contributed by atoms with Crippen LogP contribution in [0.1, 0.15) is 38.2 Å². The highest BCUT2D eigenvalue weighted by molar-refractivity contribution is 7.99. The number of carbonyl (C=O) groups is 1. The Balaban J connectivity index is 1.52. The molecule has 0 saturated carbocycles. The van der Waals surface area contributed by atoms with E-state index in [4.69, 9.17) is 0 Å². The van der Waals surface area contributed by atoms with E-state index >= 15 is 0 Å². The van der Waals surface area contributed by atoms with Gasteiger partial charge in [-0.2, -0.15) is 0 Å². The van der Waals surface area contributed by atoms with Gasteiger partial charge in [-0.25, -0.2) is 9.97 Å². The molecule has 1 saturated heterocycles. The summed E-state index contributed by atoms with van der Waals surface area (Å²) in [5.74, 6) is 1.70. The number of hydrogen-bond acceptors (Lipinski definition) is 5. The number of amides is 1. The van der Waals surface area contributed by atoms with Gasteiger partial charge in [0.1, 0.15) is 5.82 Å². The van der Waals surface area contributed by atoms with Crippen LogP contribution in [0.5, 0.6) is 0 Å². The molecular formula is C19H24N4OS. The largest absolute Gasteiger partial charge is 0.356 e. The molecule has 132 valence electrons. The second-order valence-corrected chi connectivity index (χ2v) is 7.45. The highest BCUT2D eigenvalue weighted by atomic mass is 32.2. The molecule has 1 N–H and O–H groups in total. The number of nitrogens with one attached hydrogen (secondary N) is 1. The maximum absolute atomic E-state index is 12.1. The summed E-state index contributed by atoms with van der Waals surface area (Å²) < 4.78 is 0. The molecule has 0 radical (unpaired) electrons. The smallest absolute Gasteiger partial charge is 0.234 e. The summed E-state index contributed by atoms with van der Waals surface area (Å²) in [6.07, 6.45) is 4.19. The molecule has 3 rings (SSSR count). The zero-order valence-electron chi connectivity index (χ0n) is 14.7. The molecule has 25 heavy (non-hydrogen) atoms. The summed E-state index contributed by atoms with van der Waals surface area (Å²) in [5, 5.41) is 3.57. The first-order valence-electron chi connectivity index (χ1n) is 8.72. The summed E-state index contributed by atoms with van der Waals surface area (Å²) in [6.45, 7) is 6.41. The SMILES string of the molecule is CC(C)c1ccc(NC(=O)CSc2nccc(N3CCCC3)n2)cc1. The molecule has 6 heteroatoms. The summed E-state index contributed by atoms with van der Waals surface area (Å²) in [4.78, 5) is 23.2. The minimum absolute atomic E-state index is 0.0440. The van der Waals surface area contributed by atoms with Crippen LogP contribution in [0.15, 0.2) is 41.7 Å². The Labute approximate surface area is 153 Å². The minimum atomic E-state index is -0.0440. The Hall–Kier alpha value is -2.08. The highest BCUT2D eigenvalue weighted by Crippen LogP contribution is 2.21. The molecule has 0 aliphatic carbocycles. The van der Waals surface area contributed by atoms with Crippen molar-refractivity contribution in [1.29, 1.82) is 0 Å². The fourth-order valence-electron chi connectivity index (χ4n) is 2.80. The second kappa shape index (κ2) is 8.34. The lowest BCUT2D eigenvalue weighted by Gasteiger charge is -2.16. The predicted molar refractivity (Wildman–Crippen MR) is 103 cm³/mol. The van der Waals surface area contributed by atoms with Crippen LogP contribution in [-0.4, -0.2) is 34.7 Å². The van der Waals surface area contributed by atoms with Crippen molar-refractivity contribution in [3.8, 4) is 0 Å². The van der Waals surface area contributed by atoms with Gasteiger partial charge in [0.15, 0.2) is 5.16 Å². The zero-order valence-corrected chi connectivity index (χ0v) is 15.6. The lowest BCUT2D eigenvalue weighted by molar-refractivity contribution is -0.113. The maximum Gasteiger partial charge on any atom is 0.234 e. The van der Waals surface area contributed by atoms with E-state index in [0.717, 1.165) is 24.6 Å². The molecule has 1 fully saturated rings. The first-order chi connectivity index (χ1) is 12.1. The Kier molecular flexibility index (Phi) is 5.91. The molecule has 1 aromatic heterocycles. The van der Waals surface area contributed by atoms with Gasteiger partial charge in [-0.1, -0.05) is 37.7 Å². The molecular weight excluding hydrogens is 332 g/mol. The fraction of sp³-hybridized carbons (Fsp3) is 0.421. The summed E-state index contributed by atoms with van der Waals surface area (Å²) in [5.41, 5.74) is 2.08. The summed E-state index contributed by atoms with van der Waals surface area (Å²) in [7, 11) is 0. The molecule has 1 aromatic carbocycles. The van der Waals surface area contributed by atoms with E-state index in [9.17, 15) is 4.79 Å². The average Bonchev–Trinajstić information content (AvgIpc) is 3.15. The third kappa shape index (κ3) is 4.95. The molecule has 2 aromatic rings. The Morgan fingerprint density at radius 3 is 2.60 bits per heavy atom. The van der Waals surface area contributed by atoms with Gasteiger partial charge in [0.25, 0.3) is 0 Å². The number of thioether (sulfide) groups is 1. The van der Waals surface area contributed by atoms with Gasteiger partial charge in [0.05, 0.1) is 5.75 Å². The van der Waals surface area contributed by atoms with E-state index in [1.807, 2.05) is 18.2 Å². The Morgan fingerprint density at radius 2 is 1.92 bits per heavy atom. The molecule has 0 unspecified atom stereocenters.